The lowest BCUT2D eigenvalue weighted by Crippen LogP contribution is -2.49. The molecule has 13 nitrogen and oxygen atoms in total. The lowest BCUT2D eigenvalue weighted by atomic mass is 9.97. The molecule has 0 amide bonds. The molecule has 6 aromatic rings. The molecule has 0 radical (unpaired) electrons. The number of carbonyl (C=O) groups is 1. The van der Waals surface area contributed by atoms with Gasteiger partial charge in [-0.2, -0.15) is 0 Å². The molecule has 1 saturated heterocycles. The number of benzene rings is 3. The zero-order valence-corrected chi connectivity index (χ0v) is 34.2. The monoisotopic (exact) mass is 850 g/mol. The molecule has 4 aliphatic rings. The number of phenols is 1. The van der Waals surface area contributed by atoms with Gasteiger partial charge in [-0.3, -0.25) is 4.90 Å². The van der Waals surface area contributed by atoms with Crippen molar-refractivity contribution < 1.29 is 34.0 Å². The first-order valence-electron chi connectivity index (χ1n) is 19.7. The average Bonchev–Trinajstić information content (AvgIpc) is 4.01. The van der Waals surface area contributed by atoms with Crippen LogP contribution in [0.4, 0.5) is 0 Å². The topological polar surface area (TPSA) is 152 Å². The van der Waals surface area contributed by atoms with Crippen molar-refractivity contribution in [3.8, 4) is 51.4 Å². The molecule has 3 aromatic heterocycles. The minimum Gasteiger partial charge on any atom is -0.507 e. The highest BCUT2D eigenvalue weighted by molar-refractivity contribution is 7.19. The minimum absolute atomic E-state index is 0. The van der Waals surface area contributed by atoms with Crippen LogP contribution >= 0.6 is 22.9 Å². The number of rotatable bonds is 8. The molecule has 10 rings (SSSR count). The molecular weight excluding hydrogens is 804 g/mol. The van der Waals surface area contributed by atoms with E-state index in [2.05, 4.69) is 36.8 Å². The molecule has 6 heterocycles. The molecular formula is C45H47ClN6O7S. The van der Waals surface area contributed by atoms with Crippen molar-refractivity contribution in [3.63, 3.8) is 0 Å². The number of aromatic nitrogens is 4. The second kappa shape index (κ2) is 17.6. The number of piperazine rings is 1. The lowest BCUT2D eigenvalue weighted by Gasteiger charge is -2.34. The first-order valence-corrected chi connectivity index (χ1v) is 20.9. The number of nitrogens with zero attached hydrogens (tertiary/aromatic N) is 6. The standard InChI is InChI=1S/C44H43ClN6O7S.CH4/c1-25-31-10-12-35(39(25)45)57-30(21-51-17-15-50(2)16-18-51)23-55-29-9-11-34(56-22-28-13-14-46-41(49-28)32-5-3-4-6-33(32)52)27(19-29)20-36(44(53)54)58-42-38-37(31)40(26-7-8-26)59-43(38)48-24-47-42;/h3-6,9-14,19,24,26,30,36,52H,7-8,15-18,20-23H2,1-2H3,(H,53,54);1H4/t30-,36-;/m1./s1. The number of hydrogen-bond acceptors (Lipinski definition) is 13. The van der Waals surface area contributed by atoms with E-state index in [0.717, 1.165) is 60.6 Å². The van der Waals surface area contributed by atoms with Gasteiger partial charge in [-0.25, -0.2) is 24.7 Å². The van der Waals surface area contributed by atoms with Crippen molar-refractivity contribution in [2.24, 2.45) is 0 Å². The van der Waals surface area contributed by atoms with Gasteiger partial charge in [-0.05, 0) is 86.3 Å². The molecule has 312 valence electrons. The molecule has 3 aliphatic heterocycles. The Bertz CT molecular complexity index is 2520. The Kier molecular flexibility index (Phi) is 12.1. The molecule has 2 fully saturated rings. The predicted molar refractivity (Wildman–Crippen MR) is 231 cm³/mol. The molecule has 60 heavy (non-hydrogen) atoms. The first kappa shape index (κ1) is 41.2. The molecule has 4 bridgehead atoms. The van der Waals surface area contributed by atoms with Crippen LogP contribution in [0.3, 0.4) is 0 Å². The number of thiophene rings is 1. The van der Waals surface area contributed by atoms with Gasteiger partial charge in [-0.1, -0.05) is 37.2 Å². The second-order valence-corrected chi connectivity index (χ2v) is 16.7. The molecule has 2 N–H and O–H groups in total. The fourth-order valence-corrected chi connectivity index (χ4v) is 9.15. The minimum atomic E-state index is -1.36. The van der Waals surface area contributed by atoms with Crippen LogP contribution in [0.5, 0.6) is 28.9 Å². The summed E-state index contributed by atoms with van der Waals surface area (Å²) in [6.07, 6.45) is 3.31. The van der Waals surface area contributed by atoms with Crippen LogP contribution in [0.15, 0.2) is 73.2 Å². The van der Waals surface area contributed by atoms with E-state index in [1.165, 1.54) is 6.33 Å². The van der Waals surface area contributed by atoms with E-state index in [0.29, 0.717) is 67.6 Å². The van der Waals surface area contributed by atoms with Gasteiger partial charge in [0.2, 0.25) is 12.0 Å². The Balaban J connectivity index is 0.00000499. The van der Waals surface area contributed by atoms with Crippen LogP contribution in [0.2, 0.25) is 5.02 Å². The van der Waals surface area contributed by atoms with E-state index in [1.807, 2.05) is 19.1 Å². The maximum atomic E-state index is 13.1. The van der Waals surface area contributed by atoms with Crippen LogP contribution in [0, 0.1) is 6.92 Å². The summed E-state index contributed by atoms with van der Waals surface area (Å²) in [7, 11) is 2.13. The normalized spacial score (nSPS) is 18.4. The number of fused-ring (bicyclic) bond motifs is 7. The lowest BCUT2D eigenvalue weighted by molar-refractivity contribution is -0.145. The highest BCUT2D eigenvalue weighted by atomic mass is 35.5. The number of halogens is 1. The number of carboxylic acid groups (broad SMARTS) is 1. The van der Waals surface area contributed by atoms with Gasteiger partial charge in [0.1, 0.15) is 53.5 Å². The Labute approximate surface area is 357 Å². The average molecular weight is 851 g/mol. The van der Waals surface area contributed by atoms with Gasteiger partial charge in [0.05, 0.1) is 21.7 Å². The molecule has 3 aromatic carbocycles. The summed E-state index contributed by atoms with van der Waals surface area (Å²) in [4.78, 5) is 37.8. The van der Waals surface area contributed by atoms with Gasteiger partial charge in [0, 0.05) is 61.3 Å². The molecule has 1 saturated carbocycles. The van der Waals surface area contributed by atoms with Crippen LogP contribution in [-0.4, -0.2) is 105 Å². The summed E-state index contributed by atoms with van der Waals surface area (Å²) in [5.41, 5.74) is 4.25. The first-order chi connectivity index (χ1) is 28.7. The number of aromatic hydroxyl groups is 1. The van der Waals surface area contributed by atoms with E-state index in [9.17, 15) is 15.0 Å². The number of carboxylic acids is 1. The molecule has 2 atom stereocenters. The molecule has 1 aliphatic carbocycles. The van der Waals surface area contributed by atoms with E-state index in [1.54, 1.807) is 66.1 Å². The summed E-state index contributed by atoms with van der Waals surface area (Å²) in [5.74, 6) is 1.28. The highest BCUT2D eigenvalue weighted by Gasteiger charge is 2.34. The van der Waals surface area contributed by atoms with Crippen molar-refractivity contribution in [1.29, 1.82) is 0 Å². The van der Waals surface area contributed by atoms with Crippen molar-refractivity contribution in [2.75, 3.05) is 46.4 Å². The van der Waals surface area contributed by atoms with Gasteiger partial charge < -0.3 is 34.1 Å². The Hall–Kier alpha value is -5.54. The Morgan fingerprint density at radius 3 is 2.60 bits per heavy atom. The van der Waals surface area contributed by atoms with Crippen LogP contribution in [0.25, 0.3) is 32.7 Å². The summed E-state index contributed by atoms with van der Waals surface area (Å²) < 4.78 is 26.0. The van der Waals surface area contributed by atoms with Crippen LogP contribution < -0.4 is 18.9 Å². The smallest absolute Gasteiger partial charge is 0.345 e. The number of ether oxygens (including phenoxy) is 4. The van der Waals surface area contributed by atoms with Crippen LogP contribution in [0.1, 0.15) is 47.9 Å². The number of para-hydroxylation sites is 1. The predicted octanol–water partition coefficient (Wildman–Crippen LogP) is 8.04. The van der Waals surface area contributed by atoms with Crippen molar-refractivity contribution in [3.05, 3.63) is 99.9 Å². The van der Waals surface area contributed by atoms with E-state index in [4.69, 9.17) is 30.5 Å². The van der Waals surface area contributed by atoms with Gasteiger partial charge in [0.25, 0.3) is 0 Å². The van der Waals surface area contributed by atoms with Gasteiger partial charge in [-0.15, -0.1) is 11.3 Å². The Morgan fingerprint density at radius 2 is 1.82 bits per heavy atom. The SMILES string of the molecule is C.Cc1c2ccc(c1Cl)O[C@H](CN1CCN(C)CC1)COc1ccc(OCc3ccnc(-c4ccccc4O)n3)c(c1)C[C@H](C(=O)O)Oc1ncnc3sc(C4CC4)c-2c13. The van der Waals surface area contributed by atoms with Crippen LogP contribution in [-0.2, 0) is 17.8 Å². The number of phenolic OH excluding ortho intramolecular Hbond substituents is 1. The fourth-order valence-electron chi connectivity index (χ4n) is 7.63. The molecule has 0 spiro atoms. The molecule has 0 unspecified atom stereocenters. The van der Waals surface area contributed by atoms with Crippen molar-refractivity contribution >= 4 is 39.1 Å². The zero-order chi connectivity index (χ0) is 40.6. The van der Waals surface area contributed by atoms with E-state index in [-0.39, 0.29) is 44.8 Å². The highest BCUT2D eigenvalue weighted by Crippen LogP contribution is 2.54. The van der Waals surface area contributed by atoms with E-state index < -0.39 is 12.1 Å². The van der Waals surface area contributed by atoms with Crippen molar-refractivity contribution in [2.45, 2.75) is 58.3 Å². The van der Waals surface area contributed by atoms with Gasteiger partial charge in [0.15, 0.2) is 5.82 Å². The van der Waals surface area contributed by atoms with Crippen molar-refractivity contribution in [1.82, 2.24) is 29.7 Å². The summed E-state index contributed by atoms with van der Waals surface area (Å²) in [5, 5.41) is 22.3. The summed E-state index contributed by atoms with van der Waals surface area (Å²) >= 11 is 8.78. The number of likely N-dealkylation sites (N-methyl/N-ethyl adjacent to an activating group) is 1. The Morgan fingerprint density at radius 1 is 1.00 bits per heavy atom. The third-order valence-electron chi connectivity index (χ3n) is 11.0. The number of hydrogen-bond donors (Lipinski definition) is 2. The maximum Gasteiger partial charge on any atom is 0.345 e. The summed E-state index contributed by atoms with van der Waals surface area (Å²) in [6.45, 7) is 6.55. The number of aliphatic carboxylic acids is 1. The third kappa shape index (κ3) is 8.69. The largest absolute Gasteiger partial charge is 0.507 e. The van der Waals surface area contributed by atoms with E-state index >= 15 is 0 Å². The fraction of sp³-hybridized carbons (Fsp3) is 0.356. The zero-order valence-electron chi connectivity index (χ0n) is 32.6. The maximum absolute atomic E-state index is 13.1. The second-order valence-electron chi connectivity index (χ2n) is 15.3. The summed E-state index contributed by atoms with van der Waals surface area (Å²) in [6, 6.07) is 17.9. The quantitative estimate of drug-likeness (QED) is 0.152. The van der Waals surface area contributed by atoms with Gasteiger partial charge >= 0.3 is 5.97 Å². The third-order valence-corrected chi connectivity index (χ3v) is 12.8. The molecule has 15 heteroatoms.